The average molecular weight is 484 g/mol. The van der Waals surface area contributed by atoms with Crippen LogP contribution in [-0.2, 0) is 27.2 Å². The van der Waals surface area contributed by atoms with Gasteiger partial charge in [-0.2, -0.15) is 0 Å². The van der Waals surface area contributed by atoms with Gasteiger partial charge in [-0.3, -0.25) is 9.59 Å². The Morgan fingerprint density at radius 2 is 1.49 bits per heavy atom. The van der Waals surface area contributed by atoms with E-state index in [0.29, 0.717) is 42.4 Å². The molecule has 2 fully saturated rings. The molecule has 188 valence electrons. The highest BCUT2D eigenvalue weighted by Gasteiger charge is 2.37. The molecule has 2 aromatic rings. The summed E-state index contributed by atoms with van der Waals surface area (Å²) in [5, 5.41) is 3.25. The Morgan fingerprint density at radius 3 is 2.14 bits per heavy atom. The summed E-state index contributed by atoms with van der Waals surface area (Å²) >= 11 is 0. The van der Waals surface area contributed by atoms with Crippen molar-refractivity contribution in [3.63, 3.8) is 0 Å². The van der Waals surface area contributed by atoms with Crippen LogP contribution in [0.25, 0.3) is 0 Å². The molecular weight excluding hydrogens is 450 g/mol. The molecule has 2 aliphatic rings. The van der Waals surface area contributed by atoms with Crippen LogP contribution in [-0.4, -0.2) is 53.0 Å². The molecule has 2 aromatic carbocycles. The van der Waals surface area contributed by atoms with Crippen molar-refractivity contribution in [2.24, 2.45) is 17.8 Å². The first-order valence-corrected chi connectivity index (χ1v) is 12.0. The number of hydrogen-bond donors (Lipinski definition) is 1. The van der Waals surface area contributed by atoms with E-state index in [2.05, 4.69) is 5.32 Å². The maximum atomic E-state index is 12.6. The van der Waals surface area contributed by atoms with E-state index in [1.54, 1.807) is 27.4 Å². The van der Waals surface area contributed by atoms with Gasteiger partial charge in [-0.25, -0.2) is 0 Å². The lowest BCUT2D eigenvalue weighted by Crippen LogP contribution is -2.33. The van der Waals surface area contributed by atoms with Gasteiger partial charge < -0.3 is 29.0 Å². The van der Waals surface area contributed by atoms with E-state index in [4.69, 9.17) is 23.7 Å². The Balaban J connectivity index is 1.45. The number of esters is 2. The molecule has 0 aromatic heterocycles. The topological polar surface area (TPSA) is 92.3 Å². The van der Waals surface area contributed by atoms with Crippen LogP contribution < -0.4 is 24.3 Å². The Hall–Kier alpha value is -3.26. The molecule has 1 N–H and O–H groups in total. The average Bonchev–Trinajstić information content (AvgIpc) is 3.23. The largest absolute Gasteiger partial charge is 0.493 e. The highest BCUT2D eigenvalue weighted by Crippen LogP contribution is 2.35. The number of methoxy groups -OCH3 is 3. The van der Waals surface area contributed by atoms with E-state index in [1.807, 2.05) is 30.3 Å². The van der Waals surface area contributed by atoms with Gasteiger partial charge in [-0.15, -0.1) is 0 Å². The Morgan fingerprint density at radius 1 is 0.886 bits per heavy atom. The highest BCUT2D eigenvalue weighted by atomic mass is 16.6. The molecule has 35 heavy (non-hydrogen) atoms. The van der Waals surface area contributed by atoms with Gasteiger partial charge in [0.2, 0.25) is 0 Å². The van der Waals surface area contributed by atoms with Crippen molar-refractivity contribution in [3.05, 3.63) is 47.5 Å². The third-order valence-corrected chi connectivity index (χ3v) is 6.82. The van der Waals surface area contributed by atoms with Gasteiger partial charge in [-0.1, -0.05) is 12.1 Å². The summed E-state index contributed by atoms with van der Waals surface area (Å²) in [5.74, 6) is 1.42. The minimum Gasteiger partial charge on any atom is -0.493 e. The van der Waals surface area contributed by atoms with Gasteiger partial charge in [0, 0.05) is 5.92 Å². The predicted molar refractivity (Wildman–Crippen MR) is 129 cm³/mol. The summed E-state index contributed by atoms with van der Waals surface area (Å²) in [4.78, 5) is 25.1. The van der Waals surface area contributed by atoms with E-state index in [1.165, 1.54) is 0 Å². The standard InChI is InChI=1S/C27H33NO7/c1-31-22-6-4-17(14-24(22)32-2)12-20-16-34-27(30)21(20)13-18-5-7-23(25(15-18)33-3)35-26(29)19-8-10-28-11-9-19/h4-7,14-15,19-21,28H,8-13,16H2,1-3H3/t20-,21+/m0/s1. The molecule has 2 atom stereocenters. The van der Waals surface area contributed by atoms with E-state index in [9.17, 15) is 9.59 Å². The molecule has 0 bridgehead atoms. The minimum absolute atomic E-state index is 0.0315. The molecule has 8 heteroatoms. The first-order valence-electron chi connectivity index (χ1n) is 12.0. The molecule has 4 rings (SSSR count). The Bertz CT molecular complexity index is 1050. The zero-order valence-corrected chi connectivity index (χ0v) is 20.5. The van der Waals surface area contributed by atoms with Crippen LogP contribution in [0, 0.1) is 17.8 Å². The summed E-state index contributed by atoms with van der Waals surface area (Å²) in [7, 11) is 4.75. The number of cyclic esters (lactones) is 1. The van der Waals surface area contributed by atoms with Crippen LogP contribution in [0.2, 0.25) is 0 Å². The van der Waals surface area contributed by atoms with Crippen LogP contribution >= 0.6 is 0 Å². The van der Waals surface area contributed by atoms with Gasteiger partial charge in [0.25, 0.3) is 0 Å². The van der Waals surface area contributed by atoms with Crippen molar-refractivity contribution in [2.75, 3.05) is 41.0 Å². The number of piperidine rings is 1. The van der Waals surface area contributed by atoms with E-state index in [0.717, 1.165) is 37.1 Å². The zero-order valence-electron chi connectivity index (χ0n) is 20.5. The summed E-state index contributed by atoms with van der Waals surface area (Å²) in [6.45, 7) is 2.01. The second-order valence-electron chi connectivity index (χ2n) is 9.02. The first kappa shape index (κ1) is 24.9. The molecule has 0 aliphatic carbocycles. The summed E-state index contributed by atoms with van der Waals surface area (Å²) in [6, 6.07) is 11.3. The fourth-order valence-electron chi connectivity index (χ4n) is 4.79. The number of rotatable bonds is 9. The minimum atomic E-state index is -0.282. The van der Waals surface area contributed by atoms with Crippen LogP contribution in [0.15, 0.2) is 36.4 Å². The normalized spacial score (nSPS) is 20.3. The van der Waals surface area contributed by atoms with E-state index < -0.39 is 0 Å². The molecule has 0 amide bonds. The maximum Gasteiger partial charge on any atom is 0.314 e. The number of carbonyl (C=O) groups excluding carboxylic acids is 2. The van der Waals surface area contributed by atoms with Gasteiger partial charge >= 0.3 is 11.9 Å². The van der Waals surface area contributed by atoms with Crippen molar-refractivity contribution in [1.82, 2.24) is 5.32 Å². The van der Waals surface area contributed by atoms with Gasteiger partial charge in [0.1, 0.15) is 0 Å². The quantitative estimate of drug-likeness (QED) is 0.430. The smallest absolute Gasteiger partial charge is 0.314 e. The molecule has 2 heterocycles. The predicted octanol–water partition coefficient (Wildman–Crippen LogP) is 3.19. The number of carbonyl (C=O) groups is 2. The highest BCUT2D eigenvalue weighted by molar-refractivity contribution is 5.76. The Labute approximate surface area is 205 Å². The lowest BCUT2D eigenvalue weighted by Gasteiger charge is -2.21. The third-order valence-electron chi connectivity index (χ3n) is 6.82. The molecule has 8 nitrogen and oxygen atoms in total. The molecule has 0 spiro atoms. The summed E-state index contributed by atoms with van der Waals surface area (Å²) in [5.41, 5.74) is 1.97. The second-order valence-corrected chi connectivity index (χ2v) is 9.02. The van der Waals surface area contributed by atoms with Crippen LogP contribution in [0.3, 0.4) is 0 Å². The number of ether oxygens (including phenoxy) is 5. The third kappa shape index (κ3) is 5.88. The fraction of sp³-hybridized carbons (Fsp3) is 0.481. The lowest BCUT2D eigenvalue weighted by molar-refractivity contribution is -0.141. The van der Waals surface area contributed by atoms with Crippen molar-refractivity contribution in [3.8, 4) is 23.0 Å². The van der Waals surface area contributed by atoms with Crippen LogP contribution in [0.1, 0.15) is 24.0 Å². The SMILES string of the molecule is COc1ccc(C[C@H]2COC(=O)[C@@H]2Cc2ccc(OC(=O)C3CCNCC3)c(OC)c2)cc1OC. The van der Waals surface area contributed by atoms with Crippen LogP contribution in [0.4, 0.5) is 0 Å². The number of hydrogen-bond acceptors (Lipinski definition) is 8. The zero-order chi connectivity index (χ0) is 24.8. The maximum absolute atomic E-state index is 12.6. The van der Waals surface area contributed by atoms with Crippen molar-refractivity contribution in [2.45, 2.75) is 25.7 Å². The molecular formula is C27H33NO7. The van der Waals surface area contributed by atoms with Gasteiger partial charge in [0.05, 0.1) is 39.8 Å². The lowest BCUT2D eigenvalue weighted by atomic mass is 9.85. The summed E-state index contributed by atoms with van der Waals surface area (Å²) in [6.07, 6.45) is 2.73. The molecule has 0 unspecified atom stereocenters. The van der Waals surface area contributed by atoms with E-state index >= 15 is 0 Å². The molecule has 0 radical (unpaired) electrons. The van der Waals surface area contributed by atoms with Gasteiger partial charge in [-0.05, 0) is 74.2 Å². The Kier molecular flexibility index (Phi) is 8.13. The fourth-order valence-corrected chi connectivity index (χ4v) is 4.79. The van der Waals surface area contributed by atoms with Crippen molar-refractivity contribution < 1.29 is 33.3 Å². The monoisotopic (exact) mass is 483 g/mol. The van der Waals surface area contributed by atoms with Crippen LogP contribution in [0.5, 0.6) is 23.0 Å². The van der Waals surface area contributed by atoms with Crippen molar-refractivity contribution in [1.29, 1.82) is 0 Å². The second kappa shape index (κ2) is 11.4. The molecule has 0 saturated carbocycles. The first-order chi connectivity index (χ1) is 17.0. The van der Waals surface area contributed by atoms with Gasteiger partial charge in [0.15, 0.2) is 23.0 Å². The molecule has 2 aliphatic heterocycles. The van der Waals surface area contributed by atoms with Crippen molar-refractivity contribution >= 4 is 11.9 Å². The number of benzene rings is 2. The number of nitrogens with one attached hydrogen (secondary N) is 1. The molecule has 2 saturated heterocycles. The van der Waals surface area contributed by atoms with E-state index in [-0.39, 0.29) is 29.7 Å². The summed E-state index contributed by atoms with van der Waals surface area (Å²) < 4.78 is 27.3.